The van der Waals surface area contributed by atoms with Crippen LogP contribution in [0.1, 0.15) is 52.7 Å². The molecule has 0 saturated carbocycles. The van der Waals surface area contributed by atoms with Crippen molar-refractivity contribution in [2.75, 3.05) is 40.4 Å². The average molecular weight is 712 g/mol. The fraction of sp³-hybridized carbons (Fsp3) is 0.341. The Balaban J connectivity index is 1.75. The summed E-state index contributed by atoms with van der Waals surface area (Å²) in [7, 11) is 3.25. The van der Waals surface area contributed by atoms with Crippen LogP contribution in [0.25, 0.3) is 5.57 Å². The Labute approximate surface area is 302 Å². The molecule has 10 heteroatoms. The second-order valence-electron chi connectivity index (χ2n) is 14.3. The molecule has 1 atom stereocenters. The molecule has 1 aliphatic heterocycles. The van der Waals surface area contributed by atoms with Crippen molar-refractivity contribution in [3.05, 3.63) is 102 Å². The van der Waals surface area contributed by atoms with E-state index in [1.165, 1.54) is 0 Å². The molecule has 0 aromatic heterocycles. The van der Waals surface area contributed by atoms with E-state index in [1.807, 2.05) is 57.2 Å². The van der Waals surface area contributed by atoms with Crippen molar-refractivity contribution in [1.29, 1.82) is 0 Å². The molecule has 0 radical (unpaired) electrons. The number of fused-ring (bicyclic) bond motifs is 1. The van der Waals surface area contributed by atoms with E-state index >= 15 is 0 Å². The van der Waals surface area contributed by atoms with Gasteiger partial charge in [0.25, 0.3) is 8.32 Å². The van der Waals surface area contributed by atoms with Crippen LogP contribution < -0.4 is 39.4 Å². The summed E-state index contributed by atoms with van der Waals surface area (Å²) in [5.41, 5.74) is 1.99. The second kappa shape index (κ2) is 15.1. The molecule has 0 fully saturated rings. The topological polar surface area (TPSA) is 93.7 Å². The van der Waals surface area contributed by atoms with E-state index in [4.69, 9.17) is 32.8 Å². The van der Waals surface area contributed by atoms with Crippen LogP contribution in [0.2, 0.25) is 5.04 Å². The lowest BCUT2D eigenvalue weighted by molar-refractivity contribution is 0.0635. The molecule has 0 aliphatic carbocycles. The summed E-state index contributed by atoms with van der Waals surface area (Å²) in [6.07, 6.45) is 0.970. The first-order valence-corrected chi connectivity index (χ1v) is 18.8. The molecule has 0 saturated heterocycles. The molecule has 5 rings (SSSR count). The van der Waals surface area contributed by atoms with E-state index in [2.05, 4.69) is 80.7 Å². The third-order valence-electron chi connectivity index (χ3n) is 8.71. The molecule has 0 spiro atoms. The van der Waals surface area contributed by atoms with Crippen LogP contribution >= 0.6 is 0 Å². The SMILES string of the molecule is COc1ccc(C2=CC(O[Si](c3ccccc3)(c3ccccc3)C(C)(C)C)COc3c2cc(OC)c(OC)c3OC)cc1NC(=O)OC(C)(C)C. The van der Waals surface area contributed by atoms with Gasteiger partial charge in [0.2, 0.25) is 11.5 Å². The molecule has 51 heavy (non-hydrogen) atoms. The summed E-state index contributed by atoms with van der Waals surface area (Å²) < 4.78 is 42.9. The van der Waals surface area contributed by atoms with Gasteiger partial charge in [0.1, 0.15) is 18.0 Å². The minimum Gasteiger partial charge on any atom is -0.495 e. The second-order valence-corrected chi connectivity index (χ2v) is 18.5. The summed E-state index contributed by atoms with van der Waals surface area (Å²) >= 11 is 0. The van der Waals surface area contributed by atoms with Crippen molar-refractivity contribution in [3.63, 3.8) is 0 Å². The van der Waals surface area contributed by atoms with Gasteiger partial charge in [-0.2, -0.15) is 0 Å². The minimum absolute atomic E-state index is 0.187. The Morgan fingerprint density at radius 1 is 0.745 bits per heavy atom. The zero-order chi connectivity index (χ0) is 37.0. The molecule has 1 amide bonds. The highest BCUT2D eigenvalue weighted by Gasteiger charge is 2.51. The summed E-state index contributed by atoms with van der Waals surface area (Å²) in [5, 5.41) is 4.89. The van der Waals surface area contributed by atoms with Gasteiger partial charge >= 0.3 is 6.09 Å². The van der Waals surface area contributed by atoms with E-state index < -0.39 is 26.1 Å². The number of benzene rings is 4. The van der Waals surface area contributed by atoms with Crippen molar-refractivity contribution in [3.8, 4) is 28.7 Å². The van der Waals surface area contributed by atoms with Crippen LogP contribution in [0.15, 0.2) is 91.0 Å². The van der Waals surface area contributed by atoms with Crippen LogP contribution in [-0.4, -0.2) is 61.2 Å². The fourth-order valence-electron chi connectivity index (χ4n) is 6.59. The van der Waals surface area contributed by atoms with Gasteiger partial charge in [-0.05, 0) is 71.6 Å². The number of hydrogen-bond acceptors (Lipinski definition) is 8. The van der Waals surface area contributed by atoms with Gasteiger partial charge in [0, 0.05) is 5.56 Å². The van der Waals surface area contributed by atoms with Gasteiger partial charge in [0.05, 0.1) is 40.2 Å². The monoisotopic (exact) mass is 711 g/mol. The lowest BCUT2D eigenvalue weighted by Crippen LogP contribution is -2.68. The van der Waals surface area contributed by atoms with Gasteiger partial charge in [-0.15, -0.1) is 0 Å². The normalized spacial score (nSPS) is 14.6. The Bertz CT molecular complexity index is 1820. The first-order chi connectivity index (χ1) is 24.3. The first-order valence-electron chi connectivity index (χ1n) is 16.9. The number of hydrogen-bond donors (Lipinski definition) is 1. The predicted octanol–water partition coefficient (Wildman–Crippen LogP) is 7.84. The molecule has 4 aromatic rings. The first kappa shape index (κ1) is 37.3. The maximum absolute atomic E-state index is 13.0. The highest BCUT2D eigenvalue weighted by molar-refractivity contribution is 6.99. The predicted molar refractivity (Wildman–Crippen MR) is 204 cm³/mol. The fourth-order valence-corrected chi connectivity index (χ4v) is 11.2. The highest BCUT2D eigenvalue weighted by atomic mass is 28.4. The molecule has 0 bridgehead atoms. The average Bonchev–Trinajstić information content (AvgIpc) is 3.28. The Hall–Kier alpha value is -4.93. The zero-order valence-corrected chi connectivity index (χ0v) is 32.2. The minimum atomic E-state index is -3.02. The number of amides is 1. The zero-order valence-electron chi connectivity index (χ0n) is 31.2. The quantitative estimate of drug-likeness (QED) is 0.167. The molecule has 270 valence electrons. The number of anilines is 1. The molecule has 1 N–H and O–H groups in total. The Morgan fingerprint density at radius 2 is 1.33 bits per heavy atom. The van der Waals surface area contributed by atoms with Crippen molar-refractivity contribution < 1.29 is 37.6 Å². The van der Waals surface area contributed by atoms with Crippen molar-refractivity contribution in [2.24, 2.45) is 0 Å². The molecule has 4 aromatic carbocycles. The van der Waals surface area contributed by atoms with Gasteiger partial charge in [-0.1, -0.05) is 87.5 Å². The largest absolute Gasteiger partial charge is 0.495 e. The number of carbonyl (C=O) groups is 1. The molecular weight excluding hydrogens is 663 g/mol. The van der Waals surface area contributed by atoms with E-state index in [0.29, 0.717) is 40.0 Å². The van der Waals surface area contributed by atoms with Crippen LogP contribution in [0.5, 0.6) is 28.7 Å². The third-order valence-corrected chi connectivity index (χ3v) is 13.8. The van der Waals surface area contributed by atoms with Crippen molar-refractivity contribution in [2.45, 2.75) is 58.3 Å². The molecule has 1 aliphatic rings. The standard InChI is InChI=1S/C41H49NO8Si/c1-40(2,3)49-39(43)42-33-23-27(21-22-34(33)44-7)31-24-28(26-48-36-32(31)25-35(45-8)37(46-9)38(36)47-10)50-51(41(4,5)6,29-17-13-11-14-18-29)30-19-15-12-16-20-30/h11-25,28H,26H2,1-10H3,(H,42,43). The molecule has 1 unspecified atom stereocenters. The summed E-state index contributed by atoms with van der Waals surface area (Å²) in [6, 6.07) is 28.4. The number of ether oxygens (including phenoxy) is 6. The maximum Gasteiger partial charge on any atom is 0.412 e. The Kier molecular flexibility index (Phi) is 11.1. The lowest BCUT2D eigenvalue weighted by Gasteiger charge is -2.44. The summed E-state index contributed by atoms with van der Waals surface area (Å²) in [6.45, 7) is 12.4. The number of methoxy groups -OCH3 is 4. The number of rotatable bonds is 10. The van der Waals surface area contributed by atoms with E-state index in [9.17, 15) is 4.79 Å². The van der Waals surface area contributed by atoms with Crippen molar-refractivity contribution in [1.82, 2.24) is 0 Å². The van der Waals surface area contributed by atoms with Gasteiger partial charge in [-0.3, -0.25) is 5.32 Å². The molecule has 9 nitrogen and oxygen atoms in total. The van der Waals surface area contributed by atoms with Gasteiger partial charge < -0.3 is 32.8 Å². The highest BCUT2D eigenvalue weighted by Crippen LogP contribution is 2.51. The number of nitrogens with one attached hydrogen (secondary N) is 1. The van der Waals surface area contributed by atoms with Gasteiger partial charge in [-0.25, -0.2) is 4.79 Å². The maximum atomic E-state index is 13.0. The van der Waals surface area contributed by atoms with Crippen LogP contribution in [0, 0.1) is 0 Å². The summed E-state index contributed by atoms with van der Waals surface area (Å²) in [5.74, 6) is 2.22. The molecular formula is C41H49NO8Si. The lowest BCUT2D eigenvalue weighted by atomic mass is 9.94. The van der Waals surface area contributed by atoms with Crippen LogP contribution in [-0.2, 0) is 9.16 Å². The van der Waals surface area contributed by atoms with Crippen LogP contribution in [0.4, 0.5) is 10.5 Å². The van der Waals surface area contributed by atoms with Gasteiger partial charge in [0.15, 0.2) is 11.5 Å². The van der Waals surface area contributed by atoms with E-state index in [1.54, 1.807) is 28.4 Å². The van der Waals surface area contributed by atoms with Crippen molar-refractivity contribution >= 4 is 36.0 Å². The summed E-state index contributed by atoms with van der Waals surface area (Å²) in [4.78, 5) is 13.0. The Morgan fingerprint density at radius 3 is 1.84 bits per heavy atom. The van der Waals surface area contributed by atoms with Crippen LogP contribution in [0.3, 0.4) is 0 Å². The molecule has 1 heterocycles. The smallest absolute Gasteiger partial charge is 0.412 e. The van der Waals surface area contributed by atoms with E-state index in [0.717, 1.165) is 21.5 Å². The van der Waals surface area contributed by atoms with E-state index in [-0.39, 0.29) is 11.6 Å². The third kappa shape index (κ3) is 7.72. The number of carbonyl (C=O) groups excluding carboxylic acids is 1.